The van der Waals surface area contributed by atoms with E-state index in [2.05, 4.69) is 22.6 Å². The fourth-order valence-electron chi connectivity index (χ4n) is 1.16. The van der Waals surface area contributed by atoms with Crippen molar-refractivity contribution in [2.45, 2.75) is 11.8 Å². The average Bonchev–Trinajstić information content (AvgIpc) is 2.14. The molecular formula is C8H10IO5P2+. The van der Waals surface area contributed by atoms with Crippen molar-refractivity contribution in [3.8, 4) is 0 Å². The second kappa shape index (κ2) is 5.67. The third kappa shape index (κ3) is 4.20. The molecule has 0 saturated heterocycles. The van der Waals surface area contributed by atoms with Crippen LogP contribution in [-0.4, -0.2) is 20.1 Å². The van der Waals surface area contributed by atoms with Crippen molar-refractivity contribution in [2.75, 3.05) is 0 Å². The molecule has 0 spiro atoms. The van der Waals surface area contributed by atoms with Crippen LogP contribution in [0.2, 0.25) is 0 Å². The number of hydrogen-bond donors (Lipinski definition) is 3. The molecule has 3 N–H and O–H groups in total. The Morgan fingerprint density at radius 3 is 2.19 bits per heavy atom. The van der Waals surface area contributed by atoms with E-state index < -0.39 is 21.0 Å². The molecule has 8 heteroatoms. The van der Waals surface area contributed by atoms with Crippen LogP contribution < -0.4 is 0 Å². The Bertz CT molecular complexity index is 427. The van der Waals surface area contributed by atoms with Gasteiger partial charge in [0, 0.05) is 9.99 Å². The lowest BCUT2D eigenvalue weighted by molar-refractivity contribution is 0.364. The molecule has 2 unspecified atom stereocenters. The summed E-state index contributed by atoms with van der Waals surface area (Å²) in [5.41, 5.74) is 0.631. The molecule has 0 aliphatic rings. The van der Waals surface area contributed by atoms with Crippen LogP contribution in [0.25, 0.3) is 0 Å². The molecule has 2 atom stereocenters. The standard InChI is InChI=1S/C8H9IO5P2/c9-7-3-1-6(2-4-7)5-8(15(10)11)16(12,13)14/h1-4,8H,5H2,(H2-,10,11,12,13,14)/p+1. The molecule has 0 bridgehead atoms. The highest BCUT2D eigenvalue weighted by molar-refractivity contribution is 14.1. The summed E-state index contributed by atoms with van der Waals surface area (Å²) >= 11 is 2.10. The van der Waals surface area contributed by atoms with Crippen molar-refractivity contribution in [3.05, 3.63) is 33.4 Å². The molecule has 0 radical (unpaired) electrons. The molecule has 0 fully saturated rings. The maximum absolute atomic E-state index is 11.0. The minimum Gasteiger partial charge on any atom is -0.321 e. The number of benzene rings is 1. The molecule has 0 aliphatic heterocycles. The summed E-state index contributed by atoms with van der Waals surface area (Å²) in [4.78, 5) is 26.7. The summed E-state index contributed by atoms with van der Waals surface area (Å²) in [6.45, 7) is 0. The summed E-state index contributed by atoms with van der Waals surface area (Å²) < 4.78 is 22.9. The molecule has 0 aromatic heterocycles. The molecule has 1 rings (SSSR count). The van der Waals surface area contributed by atoms with Crippen LogP contribution in [0.1, 0.15) is 5.56 Å². The van der Waals surface area contributed by atoms with Crippen LogP contribution in [0, 0.1) is 3.57 Å². The van der Waals surface area contributed by atoms with E-state index in [0.717, 1.165) is 3.57 Å². The zero-order valence-corrected chi connectivity index (χ0v) is 12.0. The molecule has 5 nitrogen and oxygen atoms in total. The molecule has 88 valence electrons. The van der Waals surface area contributed by atoms with E-state index in [1.165, 1.54) is 0 Å². The maximum atomic E-state index is 11.0. The van der Waals surface area contributed by atoms with E-state index in [4.69, 9.17) is 14.7 Å². The number of rotatable bonds is 4. The predicted octanol–water partition coefficient (Wildman–Crippen LogP) is 2.07. The Hall–Kier alpha value is 0.160. The van der Waals surface area contributed by atoms with Gasteiger partial charge in [-0.1, -0.05) is 12.1 Å². The van der Waals surface area contributed by atoms with Crippen molar-refractivity contribution in [2.24, 2.45) is 0 Å². The summed E-state index contributed by atoms with van der Waals surface area (Å²) in [6, 6.07) is 6.92. The first-order chi connectivity index (χ1) is 7.30. The van der Waals surface area contributed by atoms with E-state index in [-0.39, 0.29) is 6.42 Å². The van der Waals surface area contributed by atoms with Gasteiger partial charge in [-0.2, -0.15) is 4.89 Å². The van der Waals surface area contributed by atoms with Crippen LogP contribution in [0.15, 0.2) is 24.3 Å². The van der Waals surface area contributed by atoms with Gasteiger partial charge in [0.2, 0.25) is 0 Å². The van der Waals surface area contributed by atoms with Crippen LogP contribution in [0.5, 0.6) is 0 Å². The zero-order chi connectivity index (χ0) is 12.3. The summed E-state index contributed by atoms with van der Waals surface area (Å²) in [7, 11) is -7.44. The van der Waals surface area contributed by atoms with Gasteiger partial charge in [-0.3, -0.25) is 4.57 Å². The maximum Gasteiger partial charge on any atom is 0.522 e. The fourth-order valence-corrected chi connectivity index (χ4v) is 3.36. The Balaban J connectivity index is 2.89. The quantitative estimate of drug-likeness (QED) is 0.554. The van der Waals surface area contributed by atoms with Crippen molar-refractivity contribution in [3.63, 3.8) is 0 Å². The van der Waals surface area contributed by atoms with Crippen molar-refractivity contribution in [1.82, 2.24) is 0 Å². The van der Waals surface area contributed by atoms with E-state index in [0.29, 0.717) is 5.56 Å². The lowest BCUT2D eigenvalue weighted by Crippen LogP contribution is -2.07. The van der Waals surface area contributed by atoms with Crippen LogP contribution in [-0.2, 0) is 15.6 Å². The largest absolute Gasteiger partial charge is 0.522 e. The highest BCUT2D eigenvalue weighted by Crippen LogP contribution is 2.52. The van der Waals surface area contributed by atoms with Crippen LogP contribution in [0.4, 0.5) is 0 Å². The van der Waals surface area contributed by atoms with Gasteiger partial charge < -0.3 is 9.79 Å². The number of halogens is 1. The lowest BCUT2D eigenvalue weighted by Gasteiger charge is -2.07. The average molecular weight is 375 g/mol. The van der Waals surface area contributed by atoms with Crippen molar-refractivity contribution >= 4 is 38.2 Å². The minimum atomic E-state index is -4.54. The van der Waals surface area contributed by atoms with Crippen LogP contribution >= 0.6 is 38.2 Å². The van der Waals surface area contributed by atoms with Gasteiger partial charge in [0.15, 0.2) is 0 Å². The number of hydrogen-bond acceptors (Lipinski definition) is 2. The monoisotopic (exact) mass is 375 g/mol. The van der Waals surface area contributed by atoms with Crippen molar-refractivity contribution < 1.29 is 23.8 Å². The molecule has 0 amide bonds. The molecule has 1 aromatic rings. The highest BCUT2D eigenvalue weighted by atomic mass is 127. The SMILES string of the molecule is O=[P+](O)C(Cc1ccc(I)cc1)P(=O)(O)O. The third-order valence-electron chi connectivity index (χ3n) is 1.97. The van der Waals surface area contributed by atoms with Gasteiger partial charge in [0.1, 0.15) is 0 Å². The normalized spacial score (nSPS) is 14.6. The van der Waals surface area contributed by atoms with Gasteiger partial charge in [-0.15, -0.1) is 0 Å². The highest BCUT2D eigenvalue weighted by Gasteiger charge is 2.45. The third-order valence-corrected chi connectivity index (χ3v) is 5.84. The molecule has 0 aliphatic carbocycles. The fraction of sp³-hybridized carbons (Fsp3) is 0.250. The molecular weight excluding hydrogens is 365 g/mol. The molecule has 0 heterocycles. The van der Waals surface area contributed by atoms with Gasteiger partial charge in [-0.05, 0) is 44.9 Å². The molecule has 1 aromatic carbocycles. The lowest BCUT2D eigenvalue weighted by atomic mass is 10.2. The molecule has 16 heavy (non-hydrogen) atoms. The summed E-state index contributed by atoms with van der Waals surface area (Å²) in [5.74, 6) is 0. The van der Waals surface area contributed by atoms with Crippen molar-refractivity contribution in [1.29, 1.82) is 0 Å². The minimum absolute atomic E-state index is 0.104. The zero-order valence-electron chi connectivity index (χ0n) is 8.02. The Morgan fingerprint density at radius 2 is 1.81 bits per heavy atom. The van der Waals surface area contributed by atoms with E-state index in [9.17, 15) is 9.13 Å². The van der Waals surface area contributed by atoms with Gasteiger partial charge in [0.05, 0.1) is 0 Å². The van der Waals surface area contributed by atoms with Crippen LogP contribution in [0.3, 0.4) is 0 Å². The predicted molar refractivity (Wildman–Crippen MR) is 68.5 cm³/mol. The van der Waals surface area contributed by atoms with Gasteiger partial charge in [0.25, 0.3) is 5.40 Å². The summed E-state index contributed by atoms with van der Waals surface area (Å²) in [6.07, 6.45) is -0.104. The van der Waals surface area contributed by atoms with Gasteiger partial charge >= 0.3 is 15.6 Å². The van der Waals surface area contributed by atoms with Gasteiger partial charge in [-0.25, -0.2) is 0 Å². The van der Waals surface area contributed by atoms with E-state index in [1.54, 1.807) is 24.3 Å². The first kappa shape index (κ1) is 14.2. The topological polar surface area (TPSA) is 94.8 Å². The first-order valence-corrected chi connectivity index (χ1v) is 8.30. The smallest absolute Gasteiger partial charge is 0.321 e. The Morgan fingerprint density at radius 1 is 1.31 bits per heavy atom. The summed E-state index contributed by atoms with van der Waals surface area (Å²) in [5, 5.41) is -1.53. The Kier molecular flexibility index (Phi) is 5.04. The molecule has 0 saturated carbocycles. The van der Waals surface area contributed by atoms with E-state index >= 15 is 0 Å². The van der Waals surface area contributed by atoms with E-state index in [1.807, 2.05) is 0 Å². The first-order valence-electron chi connectivity index (χ1n) is 4.25. The second-order valence-electron chi connectivity index (χ2n) is 3.20. The Labute approximate surface area is 107 Å². The second-order valence-corrected chi connectivity index (χ2v) is 7.89.